The van der Waals surface area contributed by atoms with E-state index in [4.69, 9.17) is 0 Å². The predicted molar refractivity (Wildman–Crippen MR) is 49.3 cm³/mol. The van der Waals surface area contributed by atoms with Gasteiger partial charge in [-0.05, 0) is 12.3 Å². The van der Waals surface area contributed by atoms with Crippen molar-refractivity contribution < 1.29 is 0 Å². The van der Waals surface area contributed by atoms with Crippen molar-refractivity contribution in [2.45, 2.75) is 20.3 Å². The van der Waals surface area contributed by atoms with Crippen molar-refractivity contribution >= 4 is 18.3 Å². The van der Waals surface area contributed by atoms with Gasteiger partial charge in [0.2, 0.25) is 0 Å². The van der Waals surface area contributed by atoms with E-state index < -0.39 is 0 Å². The van der Waals surface area contributed by atoms with Crippen molar-refractivity contribution in [1.29, 1.82) is 0 Å². The molecule has 2 heteroatoms. The highest BCUT2D eigenvalue weighted by Crippen LogP contribution is 1.81. The van der Waals surface area contributed by atoms with E-state index in [2.05, 4.69) is 29.5 Å². The van der Waals surface area contributed by atoms with Gasteiger partial charge in [0.25, 0.3) is 0 Å². The molecule has 1 nitrogen and oxygen atoms in total. The normalized spacial score (nSPS) is 11.3. The van der Waals surface area contributed by atoms with Crippen LogP contribution in [0.1, 0.15) is 20.3 Å². The summed E-state index contributed by atoms with van der Waals surface area (Å²) >= 11 is 3.85. The molecular formula is C8H11NS. The largest absolute Gasteiger partial charge is 0.252 e. The molecular weight excluding hydrogens is 142 g/mol. The number of hydrogen-bond donors (Lipinski definition) is 1. The Morgan fingerprint density at radius 1 is 1.70 bits per heavy atom. The molecule has 0 aromatic heterocycles. The number of thiol groups is 1. The van der Waals surface area contributed by atoms with E-state index in [0.29, 0.717) is 0 Å². The average Bonchev–Trinajstić information content (AvgIpc) is 1.97. The number of rotatable bonds is 1. The van der Waals surface area contributed by atoms with E-state index in [0.717, 1.165) is 12.1 Å². The van der Waals surface area contributed by atoms with Crippen molar-refractivity contribution in [3.63, 3.8) is 0 Å². The monoisotopic (exact) mass is 153 g/mol. The van der Waals surface area contributed by atoms with Crippen LogP contribution in [0, 0.1) is 11.8 Å². The molecule has 0 aromatic carbocycles. The maximum Gasteiger partial charge on any atom is 0.0868 e. The van der Waals surface area contributed by atoms with Crippen LogP contribution in [0.3, 0.4) is 0 Å². The van der Waals surface area contributed by atoms with Crippen molar-refractivity contribution in [3.05, 3.63) is 11.6 Å². The van der Waals surface area contributed by atoms with Crippen LogP contribution in [-0.2, 0) is 0 Å². The minimum atomic E-state index is 0.826. The van der Waals surface area contributed by atoms with E-state index >= 15 is 0 Å². The minimum Gasteiger partial charge on any atom is -0.252 e. The quantitative estimate of drug-likeness (QED) is 0.337. The third kappa shape index (κ3) is 5.46. The highest BCUT2D eigenvalue weighted by Gasteiger charge is 1.75. The molecule has 0 aromatic rings. The van der Waals surface area contributed by atoms with Gasteiger partial charge in [0.05, 0.1) is 5.71 Å². The molecule has 0 spiro atoms. The van der Waals surface area contributed by atoms with Gasteiger partial charge in [-0.1, -0.05) is 18.8 Å². The Bertz CT molecular complexity index is 193. The second kappa shape index (κ2) is 6.44. The third-order valence-electron chi connectivity index (χ3n) is 0.781. The Morgan fingerprint density at radius 3 is 2.90 bits per heavy atom. The Kier molecular flexibility index (Phi) is 6.00. The van der Waals surface area contributed by atoms with Crippen molar-refractivity contribution in [1.82, 2.24) is 0 Å². The smallest absolute Gasteiger partial charge is 0.0868 e. The summed E-state index contributed by atoms with van der Waals surface area (Å²) in [6, 6.07) is 0. The summed E-state index contributed by atoms with van der Waals surface area (Å²) in [6.45, 7) is 3.88. The van der Waals surface area contributed by atoms with Crippen molar-refractivity contribution in [2.24, 2.45) is 4.99 Å². The summed E-state index contributed by atoms with van der Waals surface area (Å²) in [5, 5.41) is 1.58. The van der Waals surface area contributed by atoms with Gasteiger partial charge in [-0.25, -0.2) is 0 Å². The van der Waals surface area contributed by atoms with E-state index in [1.54, 1.807) is 11.6 Å². The van der Waals surface area contributed by atoms with E-state index in [1.165, 1.54) is 0 Å². The molecule has 10 heavy (non-hydrogen) atoms. The molecule has 0 unspecified atom stereocenters. The van der Waals surface area contributed by atoms with Crippen LogP contribution in [0.2, 0.25) is 0 Å². The van der Waals surface area contributed by atoms with Gasteiger partial charge in [-0.2, -0.15) is 0 Å². The molecule has 0 heterocycles. The summed E-state index contributed by atoms with van der Waals surface area (Å²) in [5.74, 6) is 5.80. The first-order chi connectivity index (χ1) is 4.81. The summed E-state index contributed by atoms with van der Waals surface area (Å²) in [7, 11) is 0. The first-order valence-corrected chi connectivity index (χ1v) is 3.65. The third-order valence-corrected chi connectivity index (χ3v) is 0.914. The first kappa shape index (κ1) is 9.32. The number of hydrogen-bond acceptors (Lipinski definition) is 2. The Morgan fingerprint density at radius 2 is 2.40 bits per heavy atom. The summed E-state index contributed by atoms with van der Waals surface area (Å²) < 4.78 is 0. The molecule has 0 saturated carbocycles. The molecule has 0 atom stereocenters. The Balaban J connectivity index is 3.94. The minimum absolute atomic E-state index is 0.826. The Hall–Kier alpha value is -0.680. The predicted octanol–water partition coefficient (Wildman–Crippen LogP) is 2.26. The zero-order valence-corrected chi connectivity index (χ0v) is 7.15. The SMILES string of the molecule is CCC#CC(C)=N/C=C\S. The molecule has 0 rings (SSSR count). The highest BCUT2D eigenvalue weighted by atomic mass is 32.1. The zero-order chi connectivity index (χ0) is 7.82. The Labute approximate surface area is 67.7 Å². The van der Waals surface area contributed by atoms with Crippen LogP contribution in [-0.4, -0.2) is 5.71 Å². The lowest BCUT2D eigenvalue weighted by Crippen LogP contribution is -1.81. The number of aliphatic imine (C=N–C) groups is 1. The molecule has 0 aliphatic rings. The number of nitrogens with zero attached hydrogens (tertiary/aromatic N) is 1. The van der Waals surface area contributed by atoms with E-state index in [1.807, 2.05) is 13.8 Å². The standard InChI is InChI=1S/C8H11NS/c1-3-4-5-8(2)9-6-7-10/h6-7,10H,3H2,1-2H3/b7-6-,9-8?. The molecule has 0 amide bonds. The molecule has 0 bridgehead atoms. The highest BCUT2D eigenvalue weighted by molar-refractivity contribution is 7.83. The molecule has 0 saturated heterocycles. The summed E-state index contributed by atoms with van der Waals surface area (Å²) in [6.07, 6.45) is 2.49. The fourth-order valence-electron chi connectivity index (χ4n) is 0.394. The second-order valence-electron chi connectivity index (χ2n) is 1.67. The zero-order valence-electron chi connectivity index (χ0n) is 6.26. The van der Waals surface area contributed by atoms with Gasteiger partial charge in [-0.3, -0.25) is 4.99 Å². The van der Waals surface area contributed by atoms with E-state index in [-0.39, 0.29) is 0 Å². The van der Waals surface area contributed by atoms with Gasteiger partial charge >= 0.3 is 0 Å². The molecule has 54 valence electrons. The molecule has 0 radical (unpaired) electrons. The van der Waals surface area contributed by atoms with Crippen molar-refractivity contribution in [2.75, 3.05) is 0 Å². The topological polar surface area (TPSA) is 12.4 Å². The summed E-state index contributed by atoms with van der Waals surface area (Å²) in [5.41, 5.74) is 0.826. The maximum atomic E-state index is 3.97. The fraction of sp³-hybridized carbons (Fsp3) is 0.375. The summed E-state index contributed by atoms with van der Waals surface area (Å²) in [4.78, 5) is 3.97. The fourth-order valence-corrected chi connectivity index (χ4v) is 0.460. The van der Waals surface area contributed by atoms with Gasteiger partial charge in [0.1, 0.15) is 0 Å². The molecule has 0 N–H and O–H groups in total. The average molecular weight is 153 g/mol. The lowest BCUT2D eigenvalue weighted by Gasteiger charge is -1.80. The van der Waals surface area contributed by atoms with Gasteiger partial charge in [0.15, 0.2) is 0 Å². The van der Waals surface area contributed by atoms with Crippen LogP contribution in [0.5, 0.6) is 0 Å². The van der Waals surface area contributed by atoms with Gasteiger partial charge < -0.3 is 0 Å². The van der Waals surface area contributed by atoms with Crippen molar-refractivity contribution in [3.8, 4) is 11.8 Å². The lowest BCUT2D eigenvalue weighted by atomic mass is 10.4. The van der Waals surface area contributed by atoms with Gasteiger partial charge in [0, 0.05) is 12.6 Å². The van der Waals surface area contributed by atoms with E-state index in [9.17, 15) is 0 Å². The van der Waals surface area contributed by atoms with Crippen LogP contribution in [0.25, 0.3) is 0 Å². The maximum absolute atomic E-state index is 3.97. The van der Waals surface area contributed by atoms with Crippen LogP contribution in [0.15, 0.2) is 16.6 Å². The first-order valence-electron chi connectivity index (χ1n) is 3.13. The van der Waals surface area contributed by atoms with Crippen LogP contribution in [0.4, 0.5) is 0 Å². The molecule has 0 aliphatic carbocycles. The molecule has 0 aliphatic heterocycles. The lowest BCUT2D eigenvalue weighted by molar-refractivity contribution is 1.28. The molecule has 0 fully saturated rings. The second-order valence-corrected chi connectivity index (χ2v) is 1.97. The van der Waals surface area contributed by atoms with Crippen LogP contribution < -0.4 is 0 Å². The van der Waals surface area contributed by atoms with Gasteiger partial charge in [-0.15, -0.1) is 12.6 Å². The van der Waals surface area contributed by atoms with Crippen LogP contribution >= 0.6 is 12.6 Å².